The fourth-order valence-electron chi connectivity index (χ4n) is 4.03. The second kappa shape index (κ2) is 14.5. The number of rotatable bonds is 2. The van der Waals surface area contributed by atoms with E-state index >= 15 is 0 Å². The standard InChI is InChI=1S/C21H25.C5H5.C3H6.2ClH.Zr/c1-12(2)18-10-20-16(7-14(18)5)9-17-8-15(6)19(13(3)4)11-21(17)20;1-2-4-5-3-1;1-3-2;;;/h7,10-13H,9H2,1-6H3;1-3H,4H2;1-2H3;2*1H;/q2*-1;;;;+2. The van der Waals surface area contributed by atoms with Gasteiger partial charge in [0, 0.05) is 0 Å². The molecule has 0 radical (unpaired) electrons. The Kier molecular flexibility index (Phi) is 14.2. The smallest absolute Gasteiger partial charge is 0.0216 e. The van der Waals surface area contributed by atoms with Crippen molar-refractivity contribution >= 4 is 28.0 Å². The number of allylic oxidation sites excluding steroid dienone is 4. The van der Waals surface area contributed by atoms with Crippen LogP contribution in [0.1, 0.15) is 93.2 Å². The topological polar surface area (TPSA) is 0 Å². The van der Waals surface area contributed by atoms with Crippen LogP contribution in [-0.4, -0.2) is 3.21 Å². The van der Waals surface area contributed by atoms with Gasteiger partial charge in [0.2, 0.25) is 0 Å². The van der Waals surface area contributed by atoms with Crippen LogP contribution in [0.3, 0.4) is 0 Å². The fraction of sp³-hybridized carbons (Fsp3) is 0.414. The number of fused-ring (bicyclic) bond motifs is 3. The largest absolute Gasteiger partial charge is 0.273 e. The molecule has 4 rings (SSSR count). The van der Waals surface area contributed by atoms with E-state index in [1.54, 1.807) is 24.2 Å². The Hall–Kier alpha value is -0.747. The minimum absolute atomic E-state index is 0. The minimum atomic E-state index is 0. The second-order valence-electron chi connectivity index (χ2n) is 9.10. The normalized spacial score (nSPS) is 12.1. The third-order valence-corrected chi connectivity index (χ3v) is 5.38. The summed E-state index contributed by atoms with van der Waals surface area (Å²) in [5.41, 5.74) is 11.4. The van der Waals surface area contributed by atoms with Crippen LogP contribution in [-0.2, 0) is 30.7 Å². The zero-order chi connectivity index (χ0) is 22.4. The first-order valence-electron chi connectivity index (χ1n) is 11.0. The van der Waals surface area contributed by atoms with Gasteiger partial charge in [-0.15, -0.1) is 47.9 Å². The van der Waals surface area contributed by atoms with E-state index in [4.69, 9.17) is 0 Å². The Labute approximate surface area is 224 Å². The van der Waals surface area contributed by atoms with Gasteiger partial charge in [-0.25, -0.2) is 12.2 Å². The molecular formula is C29H38Cl2Zr. The zero-order valence-electron chi connectivity index (χ0n) is 20.8. The van der Waals surface area contributed by atoms with E-state index in [0.717, 1.165) is 12.8 Å². The van der Waals surface area contributed by atoms with Gasteiger partial charge in [0.1, 0.15) is 0 Å². The third-order valence-electron chi connectivity index (χ3n) is 5.38. The molecule has 0 bridgehead atoms. The van der Waals surface area contributed by atoms with E-state index in [1.165, 1.54) is 47.7 Å². The van der Waals surface area contributed by atoms with Crippen molar-refractivity contribution < 1.29 is 24.2 Å². The first-order chi connectivity index (χ1) is 14.1. The van der Waals surface area contributed by atoms with Gasteiger partial charge < -0.3 is 0 Å². The molecule has 0 saturated carbocycles. The summed E-state index contributed by atoms with van der Waals surface area (Å²) in [4.78, 5) is 0. The van der Waals surface area contributed by atoms with Gasteiger partial charge >= 0.3 is 41.3 Å². The van der Waals surface area contributed by atoms with E-state index in [-0.39, 0.29) is 24.8 Å². The first-order valence-corrected chi connectivity index (χ1v) is 12.3. The Bertz CT molecular complexity index is 890. The molecule has 0 aromatic heterocycles. The molecule has 0 fully saturated rings. The van der Waals surface area contributed by atoms with Crippen LogP contribution < -0.4 is 0 Å². The summed E-state index contributed by atoms with van der Waals surface area (Å²) >= 11 is 1.55. The van der Waals surface area contributed by atoms with Crippen molar-refractivity contribution in [2.75, 3.05) is 0 Å². The van der Waals surface area contributed by atoms with Crippen molar-refractivity contribution in [2.24, 2.45) is 0 Å². The molecule has 2 aromatic rings. The molecule has 3 heteroatoms. The summed E-state index contributed by atoms with van der Waals surface area (Å²) in [6, 6.07) is 10.9. The molecule has 172 valence electrons. The van der Waals surface area contributed by atoms with E-state index in [1.807, 2.05) is 12.2 Å². The quantitative estimate of drug-likeness (QED) is 0.281. The van der Waals surface area contributed by atoms with Crippen LogP contribution in [0.4, 0.5) is 0 Å². The molecule has 0 saturated heterocycles. The number of aryl methyl sites for hydroxylation is 2. The Balaban J connectivity index is 0.000000739. The van der Waals surface area contributed by atoms with Crippen molar-refractivity contribution in [3.8, 4) is 11.1 Å². The second-order valence-corrected chi connectivity index (χ2v) is 11.6. The van der Waals surface area contributed by atoms with Crippen molar-refractivity contribution in [1.82, 2.24) is 0 Å². The van der Waals surface area contributed by atoms with Crippen LogP contribution in [0.15, 0.2) is 36.4 Å². The molecule has 0 atom stereocenters. The van der Waals surface area contributed by atoms with Gasteiger partial charge in [0.25, 0.3) is 0 Å². The fourth-order valence-corrected chi connectivity index (χ4v) is 4.03. The predicted octanol–water partition coefficient (Wildman–Crippen LogP) is 8.82. The van der Waals surface area contributed by atoms with Crippen molar-refractivity contribution in [3.05, 3.63) is 82.0 Å². The summed E-state index contributed by atoms with van der Waals surface area (Å²) in [6.45, 7) is 17.8. The minimum Gasteiger partial charge on any atom is -0.273 e. The van der Waals surface area contributed by atoms with Crippen LogP contribution >= 0.6 is 24.8 Å². The molecule has 2 aromatic carbocycles. The SMILES string of the molecule is C[C](C)=[Zr+2].Cc1[c-]c2c(cc1C(C)C)-c1cc(C(C)C)c(C)cc1C2.Cl.Cl.[C-]1=CC=CC1. The van der Waals surface area contributed by atoms with Gasteiger partial charge in [-0.3, -0.25) is 6.08 Å². The average Bonchev–Trinajstić information content (AvgIpc) is 3.30. The maximum atomic E-state index is 3.65. The van der Waals surface area contributed by atoms with E-state index in [2.05, 4.69) is 91.8 Å². The molecule has 0 N–H and O–H groups in total. The average molecular weight is 549 g/mol. The van der Waals surface area contributed by atoms with E-state index in [9.17, 15) is 0 Å². The summed E-state index contributed by atoms with van der Waals surface area (Å²) in [5.74, 6) is 1.14. The molecular weight excluding hydrogens is 510 g/mol. The Morgan fingerprint density at radius 1 is 0.906 bits per heavy atom. The van der Waals surface area contributed by atoms with Crippen LogP contribution in [0.5, 0.6) is 0 Å². The summed E-state index contributed by atoms with van der Waals surface area (Å²) in [7, 11) is 0. The first kappa shape index (κ1) is 31.3. The van der Waals surface area contributed by atoms with Crippen molar-refractivity contribution in [2.45, 2.75) is 80.1 Å². The molecule has 0 nitrogen and oxygen atoms in total. The number of benzene rings is 2. The summed E-state index contributed by atoms with van der Waals surface area (Å²) in [5, 5.41) is 0. The van der Waals surface area contributed by atoms with Crippen LogP contribution in [0.25, 0.3) is 11.1 Å². The maximum absolute atomic E-state index is 3.65. The van der Waals surface area contributed by atoms with Gasteiger partial charge in [0.15, 0.2) is 0 Å². The maximum Gasteiger partial charge on any atom is -0.0216 e. The molecule has 0 unspecified atom stereocenters. The molecule has 2 aliphatic carbocycles. The molecule has 32 heavy (non-hydrogen) atoms. The number of hydrogen-bond acceptors (Lipinski definition) is 0. The van der Waals surface area contributed by atoms with Crippen LogP contribution in [0.2, 0.25) is 0 Å². The van der Waals surface area contributed by atoms with Crippen molar-refractivity contribution in [3.63, 3.8) is 0 Å². The monoisotopic (exact) mass is 546 g/mol. The molecule has 0 heterocycles. The van der Waals surface area contributed by atoms with Gasteiger partial charge in [0.05, 0.1) is 0 Å². The predicted molar refractivity (Wildman–Crippen MR) is 144 cm³/mol. The van der Waals surface area contributed by atoms with E-state index in [0.29, 0.717) is 11.8 Å². The number of hydrogen-bond donors (Lipinski definition) is 0. The zero-order valence-corrected chi connectivity index (χ0v) is 24.9. The molecule has 2 aliphatic rings. The Morgan fingerprint density at radius 2 is 1.47 bits per heavy atom. The van der Waals surface area contributed by atoms with Gasteiger partial charge in [-0.05, 0) is 36.0 Å². The molecule has 0 aliphatic heterocycles. The van der Waals surface area contributed by atoms with Crippen molar-refractivity contribution in [1.29, 1.82) is 0 Å². The third kappa shape index (κ3) is 8.55. The van der Waals surface area contributed by atoms with Gasteiger partial charge in [-0.2, -0.15) is 23.8 Å². The Morgan fingerprint density at radius 3 is 1.91 bits per heavy atom. The van der Waals surface area contributed by atoms with E-state index < -0.39 is 0 Å². The molecule has 0 amide bonds. The summed E-state index contributed by atoms with van der Waals surface area (Å²) < 4.78 is 1.51. The van der Waals surface area contributed by atoms with Gasteiger partial charge in [-0.1, -0.05) is 58.2 Å². The molecule has 0 spiro atoms. The summed E-state index contributed by atoms with van der Waals surface area (Å²) in [6.07, 6.45) is 11.0. The van der Waals surface area contributed by atoms with Crippen LogP contribution in [0, 0.1) is 26.0 Å². The number of halogens is 2.